The van der Waals surface area contributed by atoms with Gasteiger partial charge >= 0.3 is 0 Å². The summed E-state index contributed by atoms with van der Waals surface area (Å²) < 4.78 is 17.7. The van der Waals surface area contributed by atoms with Crippen LogP contribution in [0.3, 0.4) is 0 Å². The maximum Gasteiger partial charge on any atom is 0.258 e. The highest BCUT2D eigenvalue weighted by Crippen LogP contribution is 2.21. The molecule has 0 aliphatic heterocycles. The first-order valence-corrected chi connectivity index (χ1v) is 4.45. The molecule has 0 unspecified atom stereocenters. The van der Waals surface area contributed by atoms with E-state index in [-0.39, 0.29) is 24.6 Å². The highest BCUT2D eigenvalue weighted by Gasteiger charge is 2.05. The average molecular weight is 223 g/mol. The fourth-order valence-corrected chi connectivity index (χ4v) is 0.983. The molecule has 0 spiro atoms. The van der Waals surface area contributed by atoms with Crippen molar-refractivity contribution < 1.29 is 13.9 Å². The van der Waals surface area contributed by atoms with Gasteiger partial charge < -0.3 is 15.8 Å². The van der Waals surface area contributed by atoms with Gasteiger partial charge in [-0.1, -0.05) is 0 Å². The number of anilines is 1. The minimum atomic E-state index is -0.473. The molecule has 1 rings (SSSR count). The smallest absolute Gasteiger partial charge is 0.258 e. The number of nitriles is 1. The topological polar surface area (TPSA) is 88.1 Å². The van der Waals surface area contributed by atoms with Crippen LogP contribution >= 0.6 is 0 Å². The molecule has 0 heterocycles. The number of carbonyl (C=O) groups excluding carboxylic acids is 1. The predicted octanol–water partition coefficient (Wildman–Crippen LogP) is 0.426. The normalized spacial score (nSPS) is 9.25. The van der Waals surface area contributed by atoms with E-state index in [2.05, 4.69) is 5.32 Å². The number of nitrogens with two attached hydrogens (primary N) is 1. The number of carbonyl (C=O) groups is 1. The van der Waals surface area contributed by atoms with Crippen LogP contribution in [0.25, 0.3) is 0 Å². The highest BCUT2D eigenvalue weighted by atomic mass is 19.1. The van der Waals surface area contributed by atoms with E-state index >= 15 is 0 Å². The van der Waals surface area contributed by atoms with Gasteiger partial charge in [-0.25, -0.2) is 4.39 Å². The molecule has 0 saturated carbocycles. The lowest BCUT2D eigenvalue weighted by atomic mass is 10.3. The van der Waals surface area contributed by atoms with Crippen molar-refractivity contribution in [1.29, 1.82) is 5.26 Å². The first-order valence-electron chi connectivity index (χ1n) is 4.45. The summed E-state index contributed by atoms with van der Waals surface area (Å²) in [7, 11) is 0. The maximum absolute atomic E-state index is 12.7. The number of ether oxygens (including phenoxy) is 1. The van der Waals surface area contributed by atoms with Crippen LogP contribution in [0.1, 0.15) is 0 Å². The van der Waals surface area contributed by atoms with Crippen LogP contribution in [0.15, 0.2) is 18.2 Å². The third-order valence-electron chi connectivity index (χ3n) is 1.70. The molecule has 0 fully saturated rings. The van der Waals surface area contributed by atoms with Crippen molar-refractivity contribution in [1.82, 2.24) is 5.32 Å². The van der Waals surface area contributed by atoms with Gasteiger partial charge in [-0.3, -0.25) is 4.79 Å². The SMILES string of the molecule is N#CCNC(=O)COc1ccc(F)cc1N. The quantitative estimate of drug-likeness (QED) is 0.572. The van der Waals surface area contributed by atoms with E-state index in [1.54, 1.807) is 6.07 Å². The molecule has 0 aliphatic rings. The van der Waals surface area contributed by atoms with Gasteiger partial charge in [0.15, 0.2) is 6.61 Å². The highest BCUT2D eigenvalue weighted by molar-refractivity contribution is 5.77. The van der Waals surface area contributed by atoms with Gasteiger partial charge in [0.1, 0.15) is 18.1 Å². The van der Waals surface area contributed by atoms with Crippen molar-refractivity contribution in [2.75, 3.05) is 18.9 Å². The molecular weight excluding hydrogens is 213 g/mol. The van der Waals surface area contributed by atoms with Crippen LogP contribution in [0.4, 0.5) is 10.1 Å². The van der Waals surface area contributed by atoms with E-state index in [1.165, 1.54) is 12.1 Å². The summed E-state index contributed by atoms with van der Waals surface area (Å²) >= 11 is 0. The molecule has 84 valence electrons. The molecule has 0 aromatic heterocycles. The summed E-state index contributed by atoms with van der Waals surface area (Å²) in [5.74, 6) is -0.683. The lowest BCUT2D eigenvalue weighted by Gasteiger charge is -2.07. The standard InChI is InChI=1S/C10H10FN3O2/c11-7-1-2-9(8(13)5-7)16-6-10(15)14-4-3-12/h1-2,5H,4,6,13H2,(H,14,15). The second kappa shape index (κ2) is 5.56. The van der Waals surface area contributed by atoms with Gasteiger partial charge in [0.05, 0.1) is 11.8 Å². The van der Waals surface area contributed by atoms with Crippen molar-refractivity contribution in [2.45, 2.75) is 0 Å². The molecule has 16 heavy (non-hydrogen) atoms. The van der Waals surface area contributed by atoms with Crippen molar-refractivity contribution in [3.05, 3.63) is 24.0 Å². The molecule has 0 atom stereocenters. The summed E-state index contributed by atoms with van der Waals surface area (Å²) in [6, 6.07) is 5.37. The van der Waals surface area contributed by atoms with Gasteiger partial charge in [0, 0.05) is 6.07 Å². The number of hydrogen-bond acceptors (Lipinski definition) is 4. The second-order valence-corrected chi connectivity index (χ2v) is 2.91. The molecule has 0 aliphatic carbocycles. The molecule has 1 aromatic rings. The number of halogens is 1. The van der Waals surface area contributed by atoms with Crippen LogP contribution in [0.5, 0.6) is 5.75 Å². The number of hydrogen-bond donors (Lipinski definition) is 2. The van der Waals surface area contributed by atoms with Crippen molar-refractivity contribution in [2.24, 2.45) is 0 Å². The molecule has 6 heteroatoms. The van der Waals surface area contributed by atoms with Gasteiger partial charge in [-0.05, 0) is 12.1 Å². The van der Waals surface area contributed by atoms with Crippen LogP contribution in [-0.2, 0) is 4.79 Å². The van der Waals surface area contributed by atoms with Gasteiger partial charge in [-0.2, -0.15) is 5.26 Å². The number of amides is 1. The summed E-state index contributed by atoms with van der Waals surface area (Å²) in [4.78, 5) is 11.1. The van der Waals surface area contributed by atoms with E-state index in [0.717, 1.165) is 6.07 Å². The summed E-state index contributed by atoms with van der Waals surface area (Å²) in [5.41, 5.74) is 5.58. The predicted molar refractivity (Wildman–Crippen MR) is 54.9 cm³/mol. The molecule has 0 bridgehead atoms. The van der Waals surface area contributed by atoms with E-state index < -0.39 is 11.7 Å². The minimum absolute atomic E-state index is 0.0822. The largest absolute Gasteiger partial charge is 0.482 e. The number of benzene rings is 1. The van der Waals surface area contributed by atoms with Crippen LogP contribution in [0, 0.1) is 17.1 Å². The van der Waals surface area contributed by atoms with Crippen molar-refractivity contribution in [3.8, 4) is 11.8 Å². The van der Waals surface area contributed by atoms with Crippen molar-refractivity contribution in [3.63, 3.8) is 0 Å². The summed E-state index contributed by atoms with van der Waals surface area (Å²) in [6.45, 7) is -0.349. The van der Waals surface area contributed by atoms with Gasteiger partial charge in [0.2, 0.25) is 0 Å². The number of nitrogen functional groups attached to an aromatic ring is 1. The Labute approximate surface area is 91.6 Å². The zero-order chi connectivity index (χ0) is 12.0. The Balaban J connectivity index is 2.49. The van der Waals surface area contributed by atoms with Crippen LogP contribution in [0.2, 0.25) is 0 Å². The second-order valence-electron chi connectivity index (χ2n) is 2.91. The van der Waals surface area contributed by atoms with Crippen LogP contribution in [-0.4, -0.2) is 19.1 Å². The zero-order valence-corrected chi connectivity index (χ0v) is 8.37. The van der Waals surface area contributed by atoms with E-state index in [4.69, 9.17) is 15.7 Å². The van der Waals surface area contributed by atoms with Gasteiger partial charge in [0.25, 0.3) is 5.91 Å². The molecule has 1 aromatic carbocycles. The third kappa shape index (κ3) is 3.46. The zero-order valence-electron chi connectivity index (χ0n) is 8.37. The van der Waals surface area contributed by atoms with E-state index in [1.807, 2.05) is 0 Å². The molecule has 5 nitrogen and oxygen atoms in total. The maximum atomic E-state index is 12.7. The number of nitrogens with one attached hydrogen (secondary N) is 1. The Morgan fingerprint density at radius 3 is 3.00 bits per heavy atom. The molecule has 1 amide bonds. The first kappa shape index (κ1) is 11.8. The Morgan fingerprint density at radius 2 is 2.38 bits per heavy atom. The lowest BCUT2D eigenvalue weighted by Crippen LogP contribution is -2.29. The lowest BCUT2D eigenvalue weighted by molar-refractivity contribution is -0.122. The molecule has 0 saturated heterocycles. The summed E-state index contributed by atoms with van der Waals surface area (Å²) in [6.07, 6.45) is 0. The fourth-order valence-electron chi connectivity index (χ4n) is 0.983. The average Bonchev–Trinajstić information content (AvgIpc) is 2.25. The minimum Gasteiger partial charge on any atom is -0.482 e. The van der Waals surface area contributed by atoms with E-state index in [0.29, 0.717) is 0 Å². The van der Waals surface area contributed by atoms with Crippen LogP contribution < -0.4 is 15.8 Å². The fraction of sp³-hybridized carbons (Fsp3) is 0.200. The Kier molecular flexibility index (Phi) is 4.09. The number of nitrogens with zero attached hydrogens (tertiary/aromatic N) is 1. The van der Waals surface area contributed by atoms with Crippen molar-refractivity contribution >= 4 is 11.6 Å². The first-order chi connectivity index (χ1) is 7.63. The number of rotatable bonds is 4. The Hall–Kier alpha value is -2.29. The molecule has 0 radical (unpaired) electrons. The monoisotopic (exact) mass is 223 g/mol. The Morgan fingerprint density at radius 1 is 1.62 bits per heavy atom. The molecule has 3 N–H and O–H groups in total. The third-order valence-corrected chi connectivity index (χ3v) is 1.70. The molecular formula is C10H10FN3O2. The summed E-state index contributed by atoms with van der Waals surface area (Å²) in [5, 5.41) is 10.5. The van der Waals surface area contributed by atoms with Gasteiger partial charge in [-0.15, -0.1) is 0 Å². The Bertz CT molecular complexity index is 429. The van der Waals surface area contributed by atoms with E-state index in [9.17, 15) is 9.18 Å².